The van der Waals surface area contributed by atoms with E-state index in [1.165, 1.54) is 0 Å². The van der Waals surface area contributed by atoms with Gasteiger partial charge in [0, 0.05) is 37.3 Å². The van der Waals surface area contributed by atoms with Crippen molar-refractivity contribution in [1.29, 1.82) is 0 Å². The molecule has 0 aromatic rings. The zero-order valence-electron chi connectivity index (χ0n) is 31.8. The average molecular weight is 717 g/mol. The Labute approximate surface area is 304 Å². The fraction of sp³-hybridized carbons (Fsp3) is 0.897. The molecule has 8 heterocycles. The number of esters is 4. The number of hydrogen-bond donors (Lipinski definition) is 4. The van der Waals surface area contributed by atoms with Gasteiger partial charge in [0.15, 0.2) is 0 Å². The van der Waals surface area contributed by atoms with Gasteiger partial charge in [-0.05, 0) is 107 Å². The molecule has 14 atom stereocenters. The molecule has 0 spiro atoms. The molecule has 12 rings (SSSR count). The van der Waals surface area contributed by atoms with Gasteiger partial charge in [-0.3, -0.25) is 19.2 Å². The van der Waals surface area contributed by atoms with Crippen LogP contribution in [0.15, 0.2) is 0 Å². The van der Waals surface area contributed by atoms with Crippen LogP contribution in [0.25, 0.3) is 0 Å². The third-order valence-electron chi connectivity index (χ3n) is 13.4. The minimum Gasteiger partial charge on any atom is -0.465 e. The topological polar surface area (TPSA) is 153 Å². The molecule has 12 heteroatoms. The lowest BCUT2D eigenvalue weighted by Gasteiger charge is -2.41. The maximum Gasteiger partial charge on any atom is 0.311 e. The number of rotatable bonds is 15. The Kier molecular flexibility index (Phi) is 12.1. The molecule has 8 bridgehead atoms. The van der Waals surface area contributed by atoms with Gasteiger partial charge in [0.05, 0.1) is 49.1 Å². The number of unbranched alkanes of at least 4 members (excludes halogenated alkanes) is 2. The molecule has 8 saturated heterocycles. The maximum atomic E-state index is 12.2. The van der Waals surface area contributed by atoms with E-state index in [0.29, 0.717) is 49.2 Å². The molecule has 12 unspecified atom stereocenters. The van der Waals surface area contributed by atoms with E-state index in [1.54, 1.807) is 0 Å². The first-order chi connectivity index (χ1) is 24.5. The Morgan fingerprint density at radius 3 is 1.31 bits per heavy atom. The Balaban J connectivity index is 0.000000168. The number of ether oxygens (including phenoxy) is 4. The molecule has 12 nitrogen and oxygen atoms in total. The number of hydrogen-bond acceptors (Lipinski definition) is 12. The van der Waals surface area contributed by atoms with Crippen LogP contribution in [0, 0.1) is 46.3 Å². The number of fused-ring (bicyclic) bond motifs is 4. The quantitative estimate of drug-likeness (QED) is 0.112. The third-order valence-corrected chi connectivity index (χ3v) is 13.4. The number of carbonyl (C=O) groups excluding carboxylic acids is 4. The molecule has 0 radical (unpaired) electrons. The summed E-state index contributed by atoms with van der Waals surface area (Å²) >= 11 is 0. The molecule has 4 saturated carbocycles. The smallest absolute Gasteiger partial charge is 0.311 e. The van der Waals surface area contributed by atoms with E-state index >= 15 is 0 Å². The van der Waals surface area contributed by atoms with Gasteiger partial charge in [-0.1, -0.05) is 27.7 Å². The highest BCUT2D eigenvalue weighted by atomic mass is 16.6. The van der Waals surface area contributed by atoms with E-state index in [9.17, 15) is 19.2 Å². The van der Waals surface area contributed by atoms with Crippen LogP contribution in [-0.4, -0.2) is 99.6 Å². The van der Waals surface area contributed by atoms with Gasteiger partial charge in [0.25, 0.3) is 0 Å². The molecule has 12 fully saturated rings. The highest BCUT2D eigenvalue weighted by Crippen LogP contribution is 2.52. The van der Waals surface area contributed by atoms with E-state index < -0.39 is 0 Å². The van der Waals surface area contributed by atoms with E-state index in [1.807, 2.05) is 27.7 Å². The highest BCUT2D eigenvalue weighted by molar-refractivity contribution is 5.78. The lowest BCUT2D eigenvalue weighted by molar-refractivity contribution is -0.162. The zero-order valence-corrected chi connectivity index (χ0v) is 31.8. The summed E-state index contributed by atoms with van der Waals surface area (Å²) in [4.78, 5) is 48.6. The minimum atomic E-state index is -0.125. The van der Waals surface area contributed by atoms with Crippen LogP contribution in [0.1, 0.15) is 99.3 Å². The van der Waals surface area contributed by atoms with Gasteiger partial charge in [-0.25, -0.2) is 0 Å². The first-order valence-corrected chi connectivity index (χ1v) is 20.1. The Morgan fingerprint density at radius 2 is 1.02 bits per heavy atom. The molecular weight excluding hydrogens is 652 g/mol. The van der Waals surface area contributed by atoms with Crippen molar-refractivity contribution in [2.45, 2.75) is 136 Å². The molecule has 0 amide bonds. The van der Waals surface area contributed by atoms with Crippen LogP contribution >= 0.6 is 0 Å². The van der Waals surface area contributed by atoms with Gasteiger partial charge < -0.3 is 40.2 Å². The molecular formula is C39H64N4O8. The summed E-state index contributed by atoms with van der Waals surface area (Å²) in [6, 6.07) is 1.33. The summed E-state index contributed by atoms with van der Waals surface area (Å²) in [7, 11) is 0. The fourth-order valence-electron chi connectivity index (χ4n) is 10.2. The second kappa shape index (κ2) is 16.0. The molecule has 288 valence electrons. The normalized spacial score (nSPS) is 40.7. The lowest BCUT2D eigenvalue weighted by atomic mass is 9.62. The summed E-state index contributed by atoms with van der Waals surface area (Å²) in [5, 5.41) is 13.4. The van der Waals surface area contributed by atoms with E-state index in [-0.39, 0.29) is 70.6 Å². The minimum absolute atomic E-state index is 0.0428. The average Bonchev–Trinajstić information content (AvgIpc) is 3.90. The van der Waals surface area contributed by atoms with Crippen molar-refractivity contribution < 1.29 is 38.1 Å². The Hall–Kier alpha value is -2.28. The van der Waals surface area contributed by atoms with Gasteiger partial charge in [-0.2, -0.15) is 0 Å². The van der Waals surface area contributed by atoms with Gasteiger partial charge >= 0.3 is 23.9 Å². The van der Waals surface area contributed by atoms with Crippen molar-refractivity contribution in [3.05, 3.63) is 0 Å². The van der Waals surface area contributed by atoms with Crippen molar-refractivity contribution >= 4 is 23.9 Å². The van der Waals surface area contributed by atoms with Crippen molar-refractivity contribution in [2.24, 2.45) is 46.3 Å². The van der Waals surface area contributed by atoms with Crippen molar-refractivity contribution in [2.75, 3.05) is 39.4 Å². The molecule has 8 aliphatic heterocycles. The van der Waals surface area contributed by atoms with E-state index in [4.69, 9.17) is 18.9 Å². The standard InChI is InChI=1S/C19H30N2O4.C18H28N2O4.C2H6/c1-18-8-12(20-10-18)14(18)16(22)24-6-4-3-5-7-25-17(23)15-13-9-19(15,2)11-21-13;1-9(23-17(21)15-11-5-13(15)19-7-11)3-4-10(2)24-18(22)16-12-6-14(16)20-8-12;1-2/h12-15,20-21H,3-11H2,1-2H3;9-16,19-20H,3-8H2,1-2H3;1-2H3/t;9-,10-,11?,12?,13?,14?,15?,16?;/m.0./s1. The van der Waals surface area contributed by atoms with Gasteiger partial charge in [0.2, 0.25) is 0 Å². The number of carbonyl (C=O) groups is 4. The summed E-state index contributed by atoms with van der Waals surface area (Å²) in [5.74, 6) is 0.942. The van der Waals surface area contributed by atoms with Crippen LogP contribution in [-0.2, 0) is 38.1 Å². The lowest BCUT2D eigenvalue weighted by Crippen LogP contribution is -2.49. The van der Waals surface area contributed by atoms with Crippen LogP contribution < -0.4 is 21.3 Å². The summed E-state index contributed by atoms with van der Waals surface area (Å²) in [6.45, 7) is 16.9. The predicted molar refractivity (Wildman–Crippen MR) is 190 cm³/mol. The zero-order chi connectivity index (χ0) is 36.5. The van der Waals surface area contributed by atoms with Gasteiger partial charge in [0.1, 0.15) is 0 Å². The second-order valence-electron chi connectivity index (χ2n) is 17.2. The molecule has 4 aliphatic carbocycles. The predicted octanol–water partition coefficient (Wildman–Crippen LogP) is 3.11. The van der Waals surface area contributed by atoms with Crippen molar-refractivity contribution in [3.8, 4) is 0 Å². The Morgan fingerprint density at radius 1 is 0.608 bits per heavy atom. The molecule has 0 aromatic carbocycles. The van der Waals surface area contributed by atoms with Crippen LogP contribution in [0.3, 0.4) is 0 Å². The van der Waals surface area contributed by atoms with Crippen molar-refractivity contribution in [3.63, 3.8) is 0 Å². The summed E-state index contributed by atoms with van der Waals surface area (Å²) in [6.07, 6.45) is 8.18. The summed E-state index contributed by atoms with van der Waals surface area (Å²) in [5.41, 5.74) is 0.227. The van der Waals surface area contributed by atoms with Crippen LogP contribution in [0.4, 0.5) is 0 Å². The van der Waals surface area contributed by atoms with Gasteiger partial charge in [-0.15, -0.1) is 0 Å². The summed E-state index contributed by atoms with van der Waals surface area (Å²) < 4.78 is 22.0. The second-order valence-corrected chi connectivity index (χ2v) is 17.2. The first-order valence-electron chi connectivity index (χ1n) is 20.1. The van der Waals surface area contributed by atoms with Crippen LogP contribution in [0.2, 0.25) is 0 Å². The molecule has 51 heavy (non-hydrogen) atoms. The SMILES string of the molecule is CC.CC12CNC(C1)C2C(=O)OCCCCCOC(=O)C1C2CC1(C)CN2.C[C@@H](CC[C@H](C)OC(=O)C1C2CNC1C2)OC(=O)C1C2CNC1C2. The largest absolute Gasteiger partial charge is 0.465 e. The fourth-order valence-corrected chi connectivity index (χ4v) is 10.2. The monoisotopic (exact) mass is 716 g/mol. The highest BCUT2D eigenvalue weighted by Gasteiger charge is 2.61. The first kappa shape index (κ1) is 38.4. The molecule has 12 aliphatic rings. The Bertz CT molecular complexity index is 1150. The molecule has 0 aromatic heterocycles. The number of nitrogens with one attached hydrogen (secondary N) is 4. The van der Waals surface area contributed by atoms with Crippen LogP contribution in [0.5, 0.6) is 0 Å². The van der Waals surface area contributed by atoms with E-state index in [0.717, 1.165) is 84.0 Å². The molecule has 4 N–H and O–H groups in total. The van der Waals surface area contributed by atoms with Crippen molar-refractivity contribution in [1.82, 2.24) is 21.3 Å². The third kappa shape index (κ3) is 7.85. The maximum absolute atomic E-state index is 12.2. The van der Waals surface area contributed by atoms with E-state index in [2.05, 4.69) is 35.1 Å².